The number of aromatic nitrogens is 2. The third-order valence-corrected chi connectivity index (χ3v) is 3.35. The van der Waals surface area contributed by atoms with Gasteiger partial charge < -0.3 is 15.2 Å². The van der Waals surface area contributed by atoms with Gasteiger partial charge in [-0.25, -0.2) is 9.97 Å². The molecule has 1 amide bonds. The van der Waals surface area contributed by atoms with Gasteiger partial charge in [0.2, 0.25) is 0 Å². The molecule has 126 valence electrons. The number of aliphatic hydroxyl groups is 1. The molecule has 0 radical (unpaired) electrons. The standard InChI is InChI=1S/C16H12ClN5O3/c1-16(24,9-25-12-3-2-10(5-18)20-8-12)15(23)22-11-4-13(17)14(6-19)21-7-11/h2-4,7-8,24H,9H2,1H3,(H,22,23)/t16-/m0/s1. The van der Waals surface area contributed by atoms with Crippen LogP contribution in [-0.2, 0) is 4.79 Å². The maximum absolute atomic E-state index is 12.2. The van der Waals surface area contributed by atoms with Gasteiger partial charge >= 0.3 is 0 Å². The zero-order chi connectivity index (χ0) is 18.4. The number of nitrogens with one attached hydrogen (secondary N) is 1. The van der Waals surface area contributed by atoms with E-state index in [-0.39, 0.29) is 28.7 Å². The van der Waals surface area contributed by atoms with Gasteiger partial charge in [0.05, 0.1) is 23.1 Å². The van der Waals surface area contributed by atoms with E-state index in [4.69, 9.17) is 26.9 Å². The van der Waals surface area contributed by atoms with Gasteiger partial charge in [-0.05, 0) is 25.1 Å². The van der Waals surface area contributed by atoms with Crippen molar-refractivity contribution in [2.45, 2.75) is 12.5 Å². The summed E-state index contributed by atoms with van der Waals surface area (Å²) >= 11 is 5.84. The highest BCUT2D eigenvalue weighted by molar-refractivity contribution is 6.31. The Balaban J connectivity index is 2.00. The molecule has 0 spiro atoms. The van der Waals surface area contributed by atoms with Gasteiger partial charge in [0.1, 0.15) is 30.2 Å². The fourth-order valence-corrected chi connectivity index (χ4v) is 1.88. The molecule has 0 unspecified atom stereocenters. The normalized spacial score (nSPS) is 12.4. The molecule has 25 heavy (non-hydrogen) atoms. The molecule has 8 nitrogen and oxygen atoms in total. The van der Waals surface area contributed by atoms with Crippen LogP contribution in [0.15, 0.2) is 30.6 Å². The lowest BCUT2D eigenvalue weighted by atomic mass is 10.1. The number of halogens is 1. The van der Waals surface area contributed by atoms with E-state index in [1.54, 1.807) is 6.07 Å². The second-order valence-electron chi connectivity index (χ2n) is 5.17. The summed E-state index contributed by atoms with van der Waals surface area (Å²) < 4.78 is 5.32. The molecule has 2 rings (SSSR count). The Morgan fingerprint density at radius 2 is 2.12 bits per heavy atom. The molecular formula is C16H12ClN5O3. The zero-order valence-corrected chi connectivity index (χ0v) is 13.8. The Morgan fingerprint density at radius 1 is 1.36 bits per heavy atom. The predicted octanol–water partition coefficient (Wildman–Crippen LogP) is 1.64. The summed E-state index contributed by atoms with van der Waals surface area (Å²) in [5.74, 6) is -0.438. The van der Waals surface area contributed by atoms with Crippen LogP contribution in [0, 0.1) is 22.7 Å². The summed E-state index contributed by atoms with van der Waals surface area (Å²) in [6, 6.07) is 7.98. The minimum Gasteiger partial charge on any atom is -0.488 e. The van der Waals surface area contributed by atoms with Gasteiger partial charge in [-0.2, -0.15) is 10.5 Å². The van der Waals surface area contributed by atoms with Crippen LogP contribution in [0.2, 0.25) is 5.02 Å². The average molecular weight is 358 g/mol. The third kappa shape index (κ3) is 4.64. The lowest BCUT2D eigenvalue weighted by Crippen LogP contribution is -2.45. The summed E-state index contributed by atoms with van der Waals surface area (Å²) in [6.45, 7) is 0.932. The Kier molecular flexibility index (Phi) is 5.50. The molecule has 0 aliphatic heterocycles. The molecule has 0 saturated carbocycles. The van der Waals surface area contributed by atoms with Crippen molar-refractivity contribution in [3.05, 3.63) is 47.0 Å². The second-order valence-corrected chi connectivity index (χ2v) is 5.58. The topological polar surface area (TPSA) is 132 Å². The van der Waals surface area contributed by atoms with Crippen LogP contribution in [0.3, 0.4) is 0 Å². The average Bonchev–Trinajstić information content (AvgIpc) is 2.60. The SMILES string of the molecule is C[C@](O)(COc1ccc(C#N)nc1)C(=O)Nc1cnc(C#N)c(Cl)c1. The smallest absolute Gasteiger partial charge is 0.259 e. The second kappa shape index (κ2) is 7.58. The van der Waals surface area contributed by atoms with Crippen molar-refractivity contribution in [2.75, 3.05) is 11.9 Å². The molecule has 2 aromatic heterocycles. The highest BCUT2D eigenvalue weighted by Gasteiger charge is 2.31. The molecule has 2 aromatic rings. The minimum atomic E-state index is -1.85. The van der Waals surface area contributed by atoms with E-state index >= 15 is 0 Å². The fourth-order valence-electron chi connectivity index (χ4n) is 1.68. The molecule has 2 N–H and O–H groups in total. The van der Waals surface area contributed by atoms with Crippen LogP contribution in [0.25, 0.3) is 0 Å². The Bertz CT molecular complexity index is 869. The van der Waals surface area contributed by atoms with Crippen molar-refractivity contribution in [3.8, 4) is 17.9 Å². The Morgan fingerprint density at radius 3 is 2.68 bits per heavy atom. The highest BCUT2D eigenvalue weighted by Crippen LogP contribution is 2.19. The fraction of sp³-hybridized carbons (Fsp3) is 0.188. The molecule has 0 aliphatic carbocycles. The van der Waals surface area contributed by atoms with E-state index in [1.165, 1.54) is 37.5 Å². The van der Waals surface area contributed by atoms with E-state index in [1.807, 2.05) is 6.07 Å². The first-order valence-corrected chi connectivity index (χ1v) is 7.32. The van der Waals surface area contributed by atoms with Crippen molar-refractivity contribution in [3.63, 3.8) is 0 Å². The molecule has 0 aromatic carbocycles. The van der Waals surface area contributed by atoms with Crippen molar-refractivity contribution < 1.29 is 14.6 Å². The largest absolute Gasteiger partial charge is 0.488 e. The number of amides is 1. The van der Waals surface area contributed by atoms with E-state index < -0.39 is 11.5 Å². The molecule has 0 bridgehead atoms. The number of carbonyl (C=O) groups excluding carboxylic acids is 1. The van der Waals surface area contributed by atoms with E-state index in [2.05, 4.69) is 15.3 Å². The predicted molar refractivity (Wildman–Crippen MR) is 87.7 cm³/mol. The minimum absolute atomic E-state index is 0.0306. The van der Waals surface area contributed by atoms with Crippen molar-refractivity contribution in [1.29, 1.82) is 10.5 Å². The number of carbonyl (C=O) groups is 1. The van der Waals surface area contributed by atoms with Crippen LogP contribution in [0.1, 0.15) is 18.3 Å². The molecule has 2 heterocycles. The number of nitriles is 2. The summed E-state index contributed by atoms with van der Waals surface area (Å²) in [5, 5.41) is 30.2. The van der Waals surface area contributed by atoms with Gasteiger partial charge in [0, 0.05) is 0 Å². The Hall–Kier alpha value is -3.20. The van der Waals surface area contributed by atoms with E-state index in [0.717, 1.165) is 0 Å². The summed E-state index contributed by atoms with van der Waals surface area (Å²) in [6.07, 6.45) is 2.57. The molecule has 0 saturated heterocycles. The number of nitrogens with zero attached hydrogens (tertiary/aromatic N) is 4. The van der Waals surface area contributed by atoms with Gasteiger partial charge in [-0.3, -0.25) is 4.79 Å². The van der Waals surface area contributed by atoms with Crippen molar-refractivity contribution >= 4 is 23.2 Å². The van der Waals surface area contributed by atoms with Gasteiger partial charge in [-0.15, -0.1) is 0 Å². The number of hydrogen-bond donors (Lipinski definition) is 2. The van der Waals surface area contributed by atoms with Gasteiger partial charge in [0.15, 0.2) is 11.3 Å². The van der Waals surface area contributed by atoms with Gasteiger partial charge in [-0.1, -0.05) is 11.6 Å². The van der Waals surface area contributed by atoms with Crippen molar-refractivity contribution in [1.82, 2.24) is 9.97 Å². The van der Waals surface area contributed by atoms with Crippen LogP contribution < -0.4 is 10.1 Å². The van der Waals surface area contributed by atoms with Crippen LogP contribution in [0.5, 0.6) is 5.75 Å². The lowest BCUT2D eigenvalue weighted by molar-refractivity contribution is -0.135. The molecule has 0 aliphatic rings. The number of pyridine rings is 2. The zero-order valence-electron chi connectivity index (χ0n) is 13.0. The number of ether oxygens (including phenoxy) is 1. The van der Waals surface area contributed by atoms with Crippen molar-refractivity contribution in [2.24, 2.45) is 0 Å². The molecule has 1 atom stereocenters. The number of rotatable bonds is 5. The maximum Gasteiger partial charge on any atom is 0.259 e. The molecule has 9 heteroatoms. The molecule has 0 fully saturated rings. The first kappa shape index (κ1) is 18.1. The van der Waals surface area contributed by atoms with Crippen LogP contribution in [-0.4, -0.2) is 33.2 Å². The quantitative estimate of drug-likeness (QED) is 0.831. The third-order valence-electron chi connectivity index (χ3n) is 3.06. The highest BCUT2D eigenvalue weighted by atomic mass is 35.5. The monoisotopic (exact) mass is 357 g/mol. The lowest BCUT2D eigenvalue weighted by Gasteiger charge is -2.22. The number of hydrogen-bond acceptors (Lipinski definition) is 7. The first-order chi connectivity index (χ1) is 11.9. The Labute approximate surface area is 148 Å². The van der Waals surface area contributed by atoms with Gasteiger partial charge in [0.25, 0.3) is 5.91 Å². The van der Waals surface area contributed by atoms with E-state index in [9.17, 15) is 9.90 Å². The number of anilines is 1. The first-order valence-electron chi connectivity index (χ1n) is 6.94. The summed E-state index contributed by atoms with van der Waals surface area (Å²) in [5.41, 5.74) is -1.37. The summed E-state index contributed by atoms with van der Waals surface area (Å²) in [4.78, 5) is 19.8. The van der Waals surface area contributed by atoms with Crippen LogP contribution >= 0.6 is 11.6 Å². The molecular weight excluding hydrogens is 346 g/mol. The summed E-state index contributed by atoms with van der Waals surface area (Å²) in [7, 11) is 0. The van der Waals surface area contributed by atoms with Crippen LogP contribution in [0.4, 0.5) is 5.69 Å². The maximum atomic E-state index is 12.2. The van der Waals surface area contributed by atoms with E-state index in [0.29, 0.717) is 5.75 Å².